The minimum Gasteiger partial charge on any atom is -0.326 e. The van der Waals surface area contributed by atoms with Crippen LogP contribution in [0.5, 0.6) is 0 Å². The quantitative estimate of drug-likeness (QED) is 0.867. The van der Waals surface area contributed by atoms with E-state index < -0.39 is 0 Å². The molecule has 0 saturated heterocycles. The van der Waals surface area contributed by atoms with Crippen LogP contribution < -0.4 is 5.56 Å². The summed E-state index contributed by atoms with van der Waals surface area (Å²) < 4.78 is 2.08. The number of aromatic nitrogens is 4. The van der Waals surface area contributed by atoms with Crippen molar-refractivity contribution in [2.75, 3.05) is 0 Å². The highest BCUT2D eigenvalue weighted by Gasteiger charge is 2.28. The molecule has 0 aromatic carbocycles. The zero-order valence-corrected chi connectivity index (χ0v) is 10.0. The van der Waals surface area contributed by atoms with Gasteiger partial charge >= 0.3 is 0 Å². The van der Waals surface area contributed by atoms with Gasteiger partial charge in [0.1, 0.15) is 0 Å². The van der Waals surface area contributed by atoms with E-state index in [1.165, 1.54) is 12.8 Å². The summed E-state index contributed by atoms with van der Waals surface area (Å²) in [6, 6.07) is 0.511. The van der Waals surface area contributed by atoms with Crippen molar-refractivity contribution < 1.29 is 0 Å². The first kappa shape index (κ1) is 10.1. The first-order chi connectivity index (χ1) is 8.83. The van der Waals surface area contributed by atoms with Crippen molar-refractivity contribution in [1.82, 2.24) is 19.5 Å². The van der Waals surface area contributed by atoms with E-state index in [0.29, 0.717) is 17.6 Å². The van der Waals surface area contributed by atoms with Crippen LogP contribution in [-0.2, 0) is 12.8 Å². The second kappa shape index (κ2) is 3.54. The van der Waals surface area contributed by atoms with Crippen LogP contribution in [0.1, 0.15) is 36.7 Å². The molecule has 1 N–H and O–H groups in total. The van der Waals surface area contributed by atoms with Crippen molar-refractivity contribution in [1.29, 1.82) is 0 Å². The molecular weight excluding hydrogens is 228 g/mol. The van der Waals surface area contributed by atoms with Crippen molar-refractivity contribution >= 4 is 0 Å². The molecule has 0 spiro atoms. The van der Waals surface area contributed by atoms with E-state index in [1.807, 2.05) is 6.20 Å². The fourth-order valence-electron chi connectivity index (χ4n) is 2.66. The standard InChI is InChI=1S/C13H14N4O/c18-13-11(15-9-2-1-3-10(9)16-13)12-14-6-7-17(12)8-4-5-8/h6-8H,1-5H2,(H,16,18). The number of imidazole rings is 1. The number of nitrogens with one attached hydrogen (secondary N) is 1. The van der Waals surface area contributed by atoms with Crippen LogP contribution in [0.15, 0.2) is 17.2 Å². The molecule has 2 heterocycles. The van der Waals surface area contributed by atoms with Crippen molar-refractivity contribution in [2.45, 2.75) is 38.1 Å². The Morgan fingerprint density at radius 2 is 2.22 bits per heavy atom. The number of aromatic amines is 1. The molecule has 4 rings (SSSR count). The van der Waals surface area contributed by atoms with Crippen LogP contribution in [-0.4, -0.2) is 19.5 Å². The van der Waals surface area contributed by atoms with Crippen LogP contribution in [0.3, 0.4) is 0 Å². The molecule has 18 heavy (non-hydrogen) atoms. The number of nitrogens with zero attached hydrogens (tertiary/aromatic N) is 3. The topological polar surface area (TPSA) is 63.6 Å². The lowest BCUT2D eigenvalue weighted by molar-refractivity contribution is 0.744. The van der Waals surface area contributed by atoms with Crippen LogP contribution in [0.4, 0.5) is 0 Å². The molecule has 0 aliphatic heterocycles. The van der Waals surface area contributed by atoms with Gasteiger partial charge in [0.25, 0.3) is 5.56 Å². The fraction of sp³-hybridized carbons (Fsp3) is 0.462. The van der Waals surface area contributed by atoms with E-state index in [2.05, 4.69) is 19.5 Å². The minimum absolute atomic E-state index is 0.108. The van der Waals surface area contributed by atoms with Gasteiger partial charge in [-0.25, -0.2) is 9.97 Å². The van der Waals surface area contributed by atoms with Gasteiger partial charge in [-0.1, -0.05) is 0 Å². The zero-order chi connectivity index (χ0) is 12.1. The maximum atomic E-state index is 12.1. The molecule has 2 aromatic heterocycles. The third kappa shape index (κ3) is 1.43. The predicted octanol–water partition coefficient (Wildman–Crippen LogP) is 1.46. The van der Waals surface area contributed by atoms with Gasteiger partial charge in [-0.05, 0) is 32.1 Å². The first-order valence-electron chi connectivity index (χ1n) is 6.48. The lowest BCUT2D eigenvalue weighted by atomic mass is 10.3. The molecule has 0 radical (unpaired) electrons. The Balaban J connectivity index is 1.89. The van der Waals surface area contributed by atoms with E-state index in [1.54, 1.807) is 6.20 Å². The minimum atomic E-state index is -0.108. The zero-order valence-electron chi connectivity index (χ0n) is 10.0. The molecule has 2 aromatic rings. The van der Waals surface area contributed by atoms with E-state index in [-0.39, 0.29) is 5.56 Å². The number of H-pyrrole nitrogens is 1. The van der Waals surface area contributed by atoms with Crippen molar-refractivity contribution in [3.63, 3.8) is 0 Å². The molecule has 1 saturated carbocycles. The van der Waals surface area contributed by atoms with Gasteiger partial charge in [0.2, 0.25) is 0 Å². The average molecular weight is 242 g/mol. The van der Waals surface area contributed by atoms with Crippen LogP contribution >= 0.6 is 0 Å². The van der Waals surface area contributed by atoms with Gasteiger partial charge in [0.15, 0.2) is 11.5 Å². The van der Waals surface area contributed by atoms with Gasteiger partial charge in [0.05, 0.1) is 5.69 Å². The highest BCUT2D eigenvalue weighted by molar-refractivity contribution is 5.49. The van der Waals surface area contributed by atoms with E-state index in [9.17, 15) is 4.79 Å². The largest absolute Gasteiger partial charge is 0.326 e. The van der Waals surface area contributed by atoms with E-state index in [0.717, 1.165) is 30.7 Å². The van der Waals surface area contributed by atoms with Crippen LogP contribution in [0, 0.1) is 0 Å². The van der Waals surface area contributed by atoms with E-state index >= 15 is 0 Å². The summed E-state index contributed by atoms with van der Waals surface area (Å²) in [5, 5.41) is 0. The SMILES string of the molecule is O=c1[nH]c2c(nc1-c1nccn1C1CC1)CCC2. The second-order valence-electron chi connectivity index (χ2n) is 5.08. The summed E-state index contributed by atoms with van der Waals surface area (Å²) in [5.74, 6) is 0.716. The number of rotatable bonds is 2. The molecule has 5 heteroatoms. The van der Waals surface area contributed by atoms with Crippen LogP contribution in [0.2, 0.25) is 0 Å². The summed E-state index contributed by atoms with van der Waals surface area (Å²) >= 11 is 0. The Morgan fingerprint density at radius 3 is 3.06 bits per heavy atom. The van der Waals surface area contributed by atoms with Gasteiger partial charge < -0.3 is 9.55 Å². The summed E-state index contributed by atoms with van der Waals surface area (Å²) in [7, 11) is 0. The van der Waals surface area contributed by atoms with Gasteiger partial charge in [-0.15, -0.1) is 0 Å². The molecular formula is C13H14N4O. The summed E-state index contributed by atoms with van der Waals surface area (Å²) in [4.78, 5) is 23.9. The molecule has 0 unspecified atom stereocenters. The fourth-order valence-corrected chi connectivity index (χ4v) is 2.66. The monoisotopic (exact) mass is 242 g/mol. The maximum absolute atomic E-state index is 12.1. The highest BCUT2D eigenvalue weighted by Crippen LogP contribution is 2.37. The Kier molecular flexibility index (Phi) is 1.98. The summed E-state index contributed by atoms with van der Waals surface area (Å²) in [6.45, 7) is 0. The third-order valence-corrected chi connectivity index (χ3v) is 3.74. The third-order valence-electron chi connectivity index (χ3n) is 3.74. The molecule has 1 fully saturated rings. The van der Waals surface area contributed by atoms with Gasteiger partial charge in [0, 0.05) is 24.1 Å². The van der Waals surface area contributed by atoms with Crippen molar-refractivity contribution in [3.05, 3.63) is 34.1 Å². The molecule has 2 aliphatic carbocycles. The normalized spacial score (nSPS) is 18.0. The molecule has 0 bridgehead atoms. The smallest absolute Gasteiger partial charge is 0.277 e. The van der Waals surface area contributed by atoms with Crippen molar-refractivity contribution in [3.8, 4) is 11.5 Å². The highest BCUT2D eigenvalue weighted by atomic mass is 16.1. The van der Waals surface area contributed by atoms with Crippen molar-refractivity contribution in [2.24, 2.45) is 0 Å². The number of hydrogen-bond donors (Lipinski definition) is 1. The molecule has 0 amide bonds. The number of hydrogen-bond acceptors (Lipinski definition) is 3. The molecule has 5 nitrogen and oxygen atoms in total. The Bertz CT molecular complexity index is 666. The van der Waals surface area contributed by atoms with Crippen LogP contribution in [0.25, 0.3) is 11.5 Å². The second-order valence-corrected chi connectivity index (χ2v) is 5.08. The summed E-state index contributed by atoms with van der Waals surface area (Å²) in [6.07, 6.45) is 9.03. The Morgan fingerprint density at radius 1 is 1.33 bits per heavy atom. The van der Waals surface area contributed by atoms with Gasteiger partial charge in [-0.3, -0.25) is 4.79 Å². The number of aryl methyl sites for hydroxylation is 2. The number of fused-ring (bicyclic) bond motifs is 1. The predicted molar refractivity (Wildman–Crippen MR) is 66.4 cm³/mol. The summed E-state index contributed by atoms with van der Waals surface area (Å²) in [5.41, 5.74) is 2.42. The lowest BCUT2D eigenvalue weighted by Gasteiger charge is -2.06. The first-order valence-corrected chi connectivity index (χ1v) is 6.48. The Labute approximate surface area is 104 Å². The lowest BCUT2D eigenvalue weighted by Crippen LogP contribution is -2.17. The molecule has 2 aliphatic rings. The van der Waals surface area contributed by atoms with E-state index in [4.69, 9.17) is 0 Å². The van der Waals surface area contributed by atoms with Gasteiger partial charge in [-0.2, -0.15) is 0 Å². The molecule has 0 atom stereocenters. The average Bonchev–Trinajstić information content (AvgIpc) is 2.92. The molecule has 92 valence electrons. The maximum Gasteiger partial charge on any atom is 0.277 e. The Hall–Kier alpha value is -1.91.